The molecule has 1 heteroatoms. The summed E-state index contributed by atoms with van der Waals surface area (Å²) in [6, 6.07) is 24.2. The van der Waals surface area contributed by atoms with Crippen LogP contribution in [0.25, 0.3) is 10.8 Å². The Morgan fingerprint density at radius 3 is 2.50 bits per heavy atom. The molecule has 20 heavy (non-hydrogen) atoms. The molecule has 0 fully saturated rings. The number of nitrogens with two attached hydrogens (primary N) is 1. The number of fused-ring (bicyclic) bond motifs is 3. The number of hydrogen-bond donors (Lipinski definition) is 1. The molecule has 98 valence electrons. The highest BCUT2D eigenvalue weighted by atomic mass is 14.9. The highest BCUT2D eigenvalue weighted by molar-refractivity contribution is 5.87. The maximum atomic E-state index is 2.44. The summed E-state index contributed by atoms with van der Waals surface area (Å²) in [7, 11) is 0. The summed E-state index contributed by atoms with van der Waals surface area (Å²) in [5.74, 6) is 0.518. The quantitative estimate of drug-likeness (QED) is 0.692. The van der Waals surface area contributed by atoms with E-state index in [1.807, 2.05) is 0 Å². The molecule has 0 saturated carbocycles. The number of quaternary nitrogens is 1. The lowest BCUT2D eigenvalue weighted by Gasteiger charge is -2.25. The van der Waals surface area contributed by atoms with Gasteiger partial charge in [0.25, 0.3) is 0 Å². The molecule has 0 spiro atoms. The van der Waals surface area contributed by atoms with Crippen LogP contribution in [0.15, 0.2) is 66.7 Å². The fraction of sp³-hybridized carbons (Fsp3) is 0.158. The van der Waals surface area contributed by atoms with Crippen LogP contribution in [0.3, 0.4) is 0 Å². The second kappa shape index (κ2) is 4.77. The largest absolute Gasteiger partial charge is 0.342 e. The van der Waals surface area contributed by atoms with Crippen LogP contribution in [0, 0.1) is 0 Å². The normalized spacial score (nSPS) is 17.9. The van der Waals surface area contributed by atoms with Gasteiger partial charge in [-0.2, -0.15) is 0 Å². The Morgan fingerprint density at radius 2 is 1.60 bits per heavy atom. The van der Waals surface area contributed by atoms with Gasteiger partial charge in [0.1, 0.15) is 6.54 Å². The molecule has 3 aromatic carbocycles. The Balaban J connectivity index is 1.92. The molecule has 1 aliphatic rings. The van der Waals surface area contributed by atoms with E-state index < -0.39 is 0 Å². The lowest BCUT2D eigenvalue weighted by atomic mass is 9.83. The first-order valence-corrected chi connectivity index (χ1v) is 7.30. The van der Waals surface area contributed by atoms with Gasteiger partial charge in [-0.1, -0.05) is 66.7 Å². The van der Waals surface area contributed by atoms with Gasteiger partial charge in [0.05, 0.1) is 12.5 Å². The third kappa shape index (κ3) is 1.83. The van der Waals surface area contributed by atoms with Crippen LogP contribution in [0.1, 0.15) is 22.6 Å². The Labute approximate surface area is 119 Å². The SMILES string of the molecule is c1ccc([C@H]2C[NH2+]Cc3c2ccc2ccccc32)cc1. The fourth-order valence-electron chi connectivity index (χ4n) is 3.43. The minimum atomic E-state index is 0.518. The second-order valence-electron chi connectivity index (χ2n) is 5.55. The predicted octanol–water partition coefficient (Wildman–Crippen LogP) is 3.05. The lowest BCUT2D eigenvalue weighted by molar-refractivity contribution is -0.675. The van der Waals surface area contributed by atoms with E-state index in [9.17, 15) is 0 Å². The molecule has 1 atom stereocenters. The van der Waals surface area contributed by atoms with Crippen LogP contribution >= 0.6 is 0 Å². The molecule has 1 aliphatic heterocycles. The van der Waals surface area contributed by atoms with Crippen molar-refractivity contribution in [1.82, 2.24) is 0 Å². The van der Waals surface area contributed by atoms with E-state index in [1.165, 1.54) is 27.5 Å². The maximum absolute atomic E-state index is 2.44. The molecule has 0 unspecified atom stereocenters. The molecule has 3 aromatic rings. The Hall–Kier alpha value is -2.12. The topological polar surface area (TPSA) is 16.6 Å². The van der Waals surface area contributed by atoms with Crippen molar-refractivity contribution in [3.05, 3.63) is 83.4 Å². The maximum Gasteiger partial charge on any atom is 0.102 e. The molecule has 0 saturated heterocycles. The molecular formula is C19H18N+. The smallest absolute Gasteiger partial charge is 0.102 e. The number of benzene rings is 3. The van der Waals surface area contributed by atoms with E-state index in [1.54, 1.807) is 0 Å². The fourth-order valence-corrected chi connectivity index (χ4v) is 3.43. The van der Waals surface area contributed by atoms with Gasteiger partial charge >= 0.3 is 0 Å². The van der Waals surface area contributed by atoms with Crippen molar-refractivity contribution < 1.29 is 5.32 Å². The first kappa shape index (κ1) is 11.7. The van der Waals surface area contributed by atoms with Crippen molar-refractivity contribution in [3.63, 3.8) is 0 Å². The minimum absolute atomic E-state index is 0.518. The van der Waals surface area contributed by atoms with Gasteiger partial charge in [-0.3, -0.25) is 0 Å². The van der Waals surface area contributed by atoms with E-state index in [0.29, 0.717) is 5.92 Å². The highest BCUT2D eigenvalue weighted by Gasteiger charge is 2.25. The van der Waals surface area contributed by atoms with Crippen LogP contribution in [0.5, 0.6) is 0 Å². The lowest BCUT2D eigenvalue weighted by Crippen LogP contribution is -2.85. The summed E-state index contributed by atoms with van der Waals surface area (Å²) in [6.07, 6.45) is 0. The Bertz CT molecular complexity index is 746. The van der Waals surface area contributed by atoms with Crippen LogP contribution in [0.2, 0.25) is 0 Å². The number of rotatable bonds is 1. The van der Waals surface area contributed by atoms with E-state index in [-0.39, 0.29) is 0 Å². The third-order valence-corrected chi connectivity index (χ3v) is 4.41. The van der Waals surface area contributed by atoms with Crippen molar-refractivity contribution in [2.45, 2.75) is 12.5 Å². The summed E-state index contributed by atoms with van der Waals surface area (Å²) >= 11 is 0. The standard InChI is InChI=1S/C19H17N/c1-2-6-14(7-3-1)18-12-20-13-19-16-9-5-4-8-15(16)10-11-17(18)19/h1-11,18,20H,12-13H2/p+1/t18-/m1/s1. The van der Waals surface area contributed by atoms with Gasteiger partial charge < -0.3 is 5.32 Å². The van der Waals surface area contributed by atoms with E-state index >= 15 is 0 Å². The summed E-state index contributed by atoms with van der Waals surface area (Å²) in [6.45, 7) is 2.25. The Morgan fingerprint density at radius 1 is 0.800 bits per heavy atom. The summed E-state index contributed by atoms with van der Waals surface area (Å²) < 4.78 is 0. The Kier molecular flexibility index (Phi) is 2.79. The molecule has 4 rings (SSSR count). The summed E-state index contributed by atoms with van der Waals surface area (Å²) in [5.41, 5.74) is 4.46. The molecular weight excluding hydrogens is 242 g/mol. The van der Waals surface area contributed by atoms with Gasteiger partial charge in [0.2, 0.25) is 0 Å². The van der Waals surface area contributed by atoms with Crippen LogP contribution in [0.4, 0.5) is 0 Å². The summed E-state index contributed by atoms with van der Waals surface area (Å²) in [5, 5.41) is 5.21. The summed E-state index contributed by atoms with van der Waals surface area (Å²) in [4.78, 5) is 0. The van der Waals surface area contributed by atoms with Crippen LogP contribution in [-0.4, -0.2) is 6.54 Å². The van der Waals surface area contributed by atoms with Crippen molar-refractivity contribution in [2.75, 3.05) is 6.54 Å². The molecule has 0 amide bonds. The van der Waals surface area contributed by atoms with Crippen LogP contribution < -0.4 is 5.32 Å². The average Bonchev–Trinajstić information content (AvgIpc) is 2.55. The van der Waals surface area contributed by atoms with Crippen molar-refractivity contribution in [1.29, 1.82) is 0 Å². The molecule has 2 N–H and O–H groups in total. The van der Waals surface area contributed by atoms with E-state index in [4.69, 9.17) is 0 Å². The number of hydrogen-bond acceptors (Lipinski definition) is 0. The van der Waals surface area contributed by atoms with Gasteiger partial charge in [-0.05, 0) is 21.9 Å². The van der Waals surface area contributed by atoms with E-state index in [2.05, 4.69) is 72.0 Å². The first-order chi connectivity index (χ1) is 9.93. The van der Waals surface area contributed by atoms with E-state index in [0.717, 1.165) is 13.1 Å². The van der Waals surface area contributed by atoms with Gasteiger partial charge in [0, 0.05) is 5.56 Å². The zero-order chi connectivity index (χ0) is 13.4. The van der Waals surface area contributed by atoms with Crippen LogP contribution in [-0.2, 0) is 6.54 Å². The van der Waals surface area contributed by atoms with Crippen molar-refractivity contribution in [2.24, 2.45) is 0 Å². The zero-order valence-electron chi connectivity index (χ0n) is 11.4. The molecule has 0 aliphatic carbocycles. The highest BCUT2D eigenvalue weighted by Crippen LogP contribution is 2.32. The van der Waals surface area contributed by atoms with Gasteiger partial charge in [0.15, 0.2) is 0 Å². The molecule has 1 nitrogen and oxygen atoms in total. The van der Waals surface area contributed by atoms with Crippen molar-refractivity contribution in [3.8, 4) is 0 Å². The molecule has 1 heterocycles. The molecule has 0 radical (unpaired) electrons. The minimum Gasteiger partial charge on any atom is -0.342 e. The molecule has 0 bridgehead atoms. The van der Waals surface area contributed by atoms with Crippen molar-refractivity contribution >= 4 is 10.8 Å². The first-order valence-electron chi connectivity index (χ1n) is 7.30. The zero-order valence-corrected chi connectivity index (χ0v) is 11.4. The predicted molar refractivity (Wildman–Crippen MR) is 82.7 cm³/mol. The second-order valence-corrected chi connectivity index (χ2v) is 5.55. The monoisotopic (exact) mass is 260 g/mol. The third-order valence-electron chi connectivity index (χ3n) is 4.41. The average molecular weight is 260 g/mol. The van der Waals surface area contributed by atoms with Gasteiger partial charge in [-0.15, -0.1) is 0 Å². The molecule has 0 aromatic heterocycles. The van der Waals surface area contributed by atoms with Gasteiger partial charge in [-0.25, -0.2) is 0 Å².